The van der Waals surface area contributed by atoms with Gasteiger partial charge in [-0.2, -0.15) is 0 Å². The minimum atomic E-state index is -2.68. The molecule has 202 valence electrons. The maximum atomic E-state index is 14.1. The number of fused-ring (bicyclic) bond motifs is 1. The molecule has 38 heavy (non-hydrogen) atoms. The van der Waals surface area contributed by atoms with Crippen LogP contribution in [0.1, 0.15) is 58.9 Å². The number of methoxy groups -OCH3 is 1. The summed E-state index contributed by atoms with van der Waals surface area (Å²) in [5.74, 6) is -3.58. The molecule has 0 radical (unpaired) electrons. The van der Waals surface area contributed by atoms with Gasteiger partial charge in [-0.15, -0.1) is 0 Å². The van der Waals surface area contributed by atoms with E-state index < -0.39 is 23.2 Å². The molecule has 2 aromatic heterocycles. The van der Waals surface area contributed by atoms with Crippen LogP contribution in [0.3, 0.4) is 0 Å². The number of nitrogens with zero attached hydrogens (tertiary/aromatic N) is 2. The predicted molar refractivity (Wildman–Crippen MR) is 137 cm³/mol. The third kappa shape index (κ3) is 4.78. The summed E-state index contributed by atoms with van der Waals surface area (Å²) in [4.78, 5) is 32.9. The van der Waals surface area contributed by atoms with E-state index in [0.29, 0.717) is 31.5 Å². The Hall–Kier alpha value is -3.73. The van der Waals surface area contributed by atoms with Gasteiger partial charge in [-0.3, -0.25) is 9.69 Å². The van der Waals surface area contributed by atoms with E-state index in [4.69, 9.17) is 10.5 Å². The zero-order chi connectivity index (χ0) is 27.2. The number of hydrogen-bond donors (Lipinski definition) is 4. The van der Waals surface area contributed by atoms with Crippen LogP contribution in [0.4, 0.5) is 14.6 Å². The molecule has 1 atom stereocenters. The van der Waals surface area contributed by atoms with E-state index in [-0.39, 0.29) is 36.9 Å². The Labute approximate surface area is 218 Å². The van der Waals surface area contributed by atoms with Crippen LogP contribution in [0.2, 0.25) is 0 Å². The van der Waals surface area contributed by atoms with Crippen LogP contribution < -0.4 is 15.8 Å². The molecule has 11 heteroatoms. The van der Waals surface area contributed by atoms with Gasteiger partial charge in [0.05, 0.1) is 13.7 Å². The number of alkyl halides is 2. The van der Waals surface area contributed by atoms with Crippen LogP contribution in [-0.4, -0.2) is 58.0 Å². The fourth-order valence-electron chi connectivity index (χ4n) is 6.19. The number of hydrogen-bond acceptors (Lipinski definition) is 6. The largest absolute Gasteiger partial charge is 0.496 e. The number of anilines is 1. The number of aromatic nitrogens is 2. The summed E-state index contributed by atoms with van der Waals surface area (Å²) in [5.41, 5.74) is 8.28. The smallest absolute Gasteiger partial charge is 0.354 e. The molecule has 1 amide bonds. The highest BCUT2D eigenvalue weighted by molar-refractivity contribution is 5.88. The number of aromatic amines is 1. The second kappa shape index (κ2) is 9.54. The molecule has 1 spiro atoms. The SMILES string of the molecule is COc1cc(C)c2[nH]ccc2c1CN1CCC2(CC1c1ccc(C(=O)O)nc1NCC(N)=O)CC(F)(F)C2. The molecule has 9 nitrogen and oxygen atoms in total. The van der Waals surface area contributed by atoms with Crippen LogP contribution in [0, 0.1) is 12.3 Å². The normalized spacial score (nSPS) is 20.3. The van der Waals surface area contributed by atoms with Crippen molar-refractivity contribution >= 4 is 28.6 Å². The molecule has 1 aromatic carbocycles. The number of amides is 1. The summed E-state index contributed by atoms with van der Waals surface area (Å²) >= 11 is 0. The van der Waals surface area contributed by atoms with E-state index in [1.807, 2.05) is 25.3 Å². The Kier molecular flexibility index (Phi) is 6.50. The summed E-state index contributed by atoms with van der Waals surface area (Å²) in [6.07, 6.45) is 2.59. The molecule has 2 aliphatic rings. The second-order valence-electron chi connectivity index (χ2n) is 10.5. The van der Waals surface area contributed by atoms with Gasteiger partial charge in [-0.1, -0.05) is 6.07 Å². The number of carbonyl (C=O) groups is 2. The van der Waals surface area contributed by atoms with Crippen molar-refractivity contribution in [3.8, 4) is 5.75 Å². The van der Waals surface area contributed by atoms with E-state index in [1.54, 1.807) is 13.2 Å². The maximum absolute atomic E-state index is 14.1. The molecule has 3 heterocycles. The molecule has 5 N–H and O–H groups in total. The number of pyridine rings is 1. The number of aryl methyl sites for hydroxylation is 1. The Morgan fingerprint density at radius 1 is 1.32 bits per heavy atom. The number of rotatable bonds is 8. The lowest BCUT2D eigenvalue weighted by molar-refractivity contribution is -0.186. The lowest BCUT2D eigenvalue weighted by Gasteiger charge is -2.54. The summed E-state index contributed by atoms with van der Waals surface area (Å²) in [6.45, 7) is 2.79. The molecule has 0 bridgehead atoms. The number of carboxylic acid groups (broad SMARTS) is 1. The maximum Gasteiger partial charge on any atom is 0.354 e. The number of halogens is 2. The van der Waals surface area contributed by atoms with E-state index in [2.05, 4.69) is 20.2 Å². The molecular weight excluding hydrogens is 496 g/mol. The highest BCUT2D eigenvalue weighted by atomic mass is 19.3. The van der Waals surface area contributed by atoms with Gasteiger partial charge in [0.2, 0.25) is 11.8 Å². The minimum absolute atomic E-state index is 0.176. The molecule has 1 aliphatic carbocycles. The number of primary amides is 1. The van der Waals surface area contributed by atoms with Crippen molar-refractivity contribution in [1.29, 1.82) is 0 Å². The first-order valence-electron chi connectivity index (χ1n) is 12.5. The number of aromatic carboxylic acids is 1. The third-order valence-corrected chi connectivity index (χ3v) is 7.89. The van der Waals surface area contributed by atoms with Crippen molar-refractivity contribution in [2.24, 2.45) is 11.1 Å². The minimum Gasteiger partial charge on any atom is -0.496 e. The summed E-state index contributed by atoms with van der Waals surface area (Å²) in [5, 5.41) is 13.4. The Bertz CT molecular complexity index is 1400. The monoisotopic (exact) mass is 527 g/mol. The lowest BCUT2D eigenvalue weighted by atomic mass is 9.59. The average molecular weight is 528 g/mol. The number of benzene rings is 1. The standard InChI is InChI=1S/C27H31F2N5O4/c1-15-9-21(38-2)18(16-5-7-31-23(15)16)12-34-8-6-26(13-27(28,29)14-26)10-20(34)17-3-4-19(25(36)37)33-24(17)32-11-22(30)35/h3-5,7,9,20,31H,6,8,10-14H2,1-2H3,(H2,30,35)(H,32,33)(H,36,37). The molecule has 1 saturated carbocycles. The van der Waals surface area contributed by atoms with E-state index in [0.717, 1.165) is 27.8 Å². The highest BCUT2D eigenvalue weighted by Crippen LogP contribution is 2.61. The number of ether oxygens (including phenoxy) is 1. The highest BCUT2D eigenvalue weighted by Gasteiger charge is 2.58. The van der Waals surface area contributed by atoms with Crippen molar-refractivity contribution < 1.29 is 28.2 Å². The van der Waals surface area contributed by atoms with Gasteiger partial charge in [-0.25, -0.2) is 18.6 Å². The van der Waals surface area contributed by atoms with Gasteiger partial charge >= 0.3 is 5.97 Å². The number of likely N-dealkylation sites (tertiary alicyclic amines) is 1. The molecule has 2 fully saturated rings. The Balaban J connectivity index is 1.57. The molecule has 5 rings (SSSR count). The first-order chi connectivity index (χ1) is 18.0. The topological polar surface area (TPSA) is 134 Å². The van der Waals surface area contributed by atoms with Crippen molar-refractivity contribution in [1.82, 2.24) is 14.9 Å². The summed E-state index contributed by atoms with van der Waals surface area (Å²) < 4.78 is 33.9. The molecule has 1 saturated heterocycles. The summed E-state index contributed by atoms with van der Waals surface area (Å²) in [7, 11) is 1.62. The van der Waals surface area contributed by atoms with E-state index in [1.165, 1.54) is 6.07 Å². The van der Waals surface area contributed by atoms with Crippen molar-refractivity contribution in [2.45, 2.75) is 51.1 Å². The lowest BCUT2D eigenvalue weighted by Crippen LogP contribution is -2.53. The van der Waals surface area contributed by atoms with Gasteiger partial charge in [0.1, 0.15) is 11.6 Å². The van der Waals surface area contributed by atoms with Crippen LogP contribution in [0.25, 0.3) is 10.9 Å². The number of carbonyl (C=O) groups excluding carboxylic acids is 1. The van der Waals surface area contributed by atoms with E-state index in [9.17, 15) is 23.5 Å². The molecule has 3 aromatic rings. The summed E-state index contributed by atoms with van der Waals surface area (Å²) in [6, 6.07) is 6.68. The Morgan fingerprint density at radius 3 is 2.74 bits per heavy atom. The Morgan fingerprint density at radius 2 is 2.08 bits per heavy atom. The second-order valence-corrected chi connectivity index (χ2v) is 10.5. The zero-order valence-electron chi connectivity index (χ0n) is 21.3. The number of nitrogens with two attached hydrogens (primary N) is 1. The van der Waals surface area contributed by atoms with Gasteiger partial charge in [0, 0.05) is 53.7 Å². The number of H-pyrrole nitrogens is 1. The third-order valence-electron chi connectivity index (χ3n) is 7.89. The van der Waals surface area contributed by atoms with Gasteiger partial charge in [0.15, 0.2) is 5.69 Å². The molecular formula is C27H31F2N5O4. The zero-order valence-corrected chi connectivity index (χ0v) is 21.3. The van der Waals surface area contributed by atoms with Gasteiger partial charge in [0.25, 0.3) is 0 Å². The molecule has 1 aliphatic heterocycles. The predicted octanol–water partition coefficient (Wildman–Crippen LogP) is 4.23. The van der Waals surface area contributed by atoms with Crippen molar-refractivity contribution in [3.05, 3.63) is 52.8 Å². The first kappa shape index (κ1) is 25.9. The van der Waals surface area contributed by atoms with Crippen LogP contribution in [0.5, 0.6) is 5.75 Å². The first-order valence-corrected chi connectivity index (χ1v) is 12.5. The van der Waals surface area contributed by atoms with Gasteiger partial charge in [-0.05, 0) is 55.5 Å². The number of carboxylic acids is 1. The van der Waals surface area contributed by atoms with Crippen LogP contribution >= 0.6 is 0 Å². The molecule has 1 unspecified atom stereocenters. The fourth-order valence-corrected chi connectivity index (χ4v) is 6.19. The number of nitrogens with one attached hydrogen (secondary N) is 2. The van der Waals surface area contributed by atoms with Crippen LogP contribution in [-0.2, 0) is 11.3 Å². The fraction of sp³-hybridized carbons (Fsp3) is 0.444. The van der Waals surface area contributed by atoms with Crippen molar-refractivity contribution in [3.63, 3.8) is 0 Å². The van der Waals surface area contributed by atoms with Crippen LogP contribution in [0.15, 0.2) is 30.5 Å². The number of piperidine rings is 1. The average Bonchev–Trinajstić information content (AvgIpc) is 3.34. The van der Waals surface area contributed by atoms with Gasteiger partial charge < -0.3 is 25.9 Å². The van der Waals surface area contributed by atoms with E-state index >= 15 is 0 Å². The quantitative estimate of drug-likeness (QED) is 0.345. The van der Waals surface area contributed by atoms with Crippen molar-refractivity contribution in [2.75, 3.05) is 25.5 Å².